The van der Waals surface area contributed by atoms with Crippen LogP contribution in [-0.2, 0) is 9.59 Å². The second-order valence-corrected chi connectivity index (χ2v) is 7.07. The van der Waals surface area contributed by atoms with E-state index < -0.39 is 0 Å². The smallest absolute Gasteiger partial charge is 0.228 e. The van der Waals surface area contributed by atoms with Gasteiger partial charge in [-0.2, -0.15) is 0 Å². The van der Waals surface area contributed by atoms with E-state index in [0.717, 1.165) is 36.2 Å². The summed E-state index contributed by atoms with van der Waals surface area (Å²) in [5, 5.41) is 0. The highest BCUT2D eigenvalue weighted by atomic mass is 16.2. The molecular formula is C19H26N2O2. The first-order valence-corrected chi connectivity index (χ1v) is 8.65. The molecule has 0 aromatic heterocycles. The molecule has 0 N–H and O–H groups in total. The number of rotatable bonds is 2. The van der Waals surface area contributed by atoms with Gasteiger partial charge in [-0.15, -0.1) is 0 Å². The first kappa shape index (κ1) is 16.0. The van der Waals surface area contributed by atoms with Crippen molar-refractivity contribution in [1.82, 2.24) is 4.90 Å². The van der Waals surface area contributed by atoms with Gasteiger partial charge in [0.15, 0.2) is 0 Å². The molecule has 23 heavy (non-hydrogen) atoms. The first-order valence-electron chi connectivity index (χ1n) is 8.65. The lowest BCUT2D eigenvalue weighted by Crippen LogP contribution is -2.45. The van der Waals surface area contributed by atoms with Crippen molar-refractivity contribution in [2.45, 2.75) is 52.5 Å². The number of anilines is 1. The van der Waals surface area contributed by atoms with Crippen LogP contribution in [0.25, 0.3) is 0 Å². The Morgan fingerprint density at radius 3 is 2.74 bits per heavy atom. The Morgan fingerprint density at radius 1 is 1.22 bits per heavy atom. The van der Waals surface area contributed by atoms with Crippen molar-refractivity contribution in [3.8, 4) is 0 Å². The second kappa shape index (κ2) is 6.34. The highest BCUT2D eigenvalue weighted by molar-refractivity contribution is 6.00. The lowest BCUT2D eigenvalue weighted by molar-refractivity contribution is -0.139. The largest absolute Gasteiger partial charge is 0.340 e. The van der Waals surface area contributed by atoms with Crippen molar-refractivity contribution in [1.29, 1.82) is 0 Å². The Morgan fingerprint density at radius 2 is 2.00 bits per heavy atom. The molecule has 0 spiro atoms. The van der Waals surface area contributed by atoms with Crippen LogP contribution in [0.4, 0.5) is 5.69 Å². The number of hydrogen-bond donors (Lipinski definition) is 0. The first-order chi connectivity index (χ1) is 11.0. The minimum Gasteiger partial charge on any atom is -0.340 e. The average molecular weight is 314 g/mol. The van der Waals surface area contributed by atoms with E-state index >= 15 is 0 Å². The summed E-state index contributed by atoms with van der Waals surface area (Å²) in [5.41, 5.74) is 3.18. The Labute approximate surface area is 138 Å². The molecule has 2 unspecified atom stereocenters. The fourth-order valence-corrected chi connectivity index (χ4v) is 3.78. The molecule has 2 aliphatic rings. The van der Waals surface area contributed by atoms with Crippen LogP contribution in [0.3, 0.4) is 0 Å². The summed E-state index contributed by atoms with van der Waals surface area (Å²) < 4.78 is 0. The van der Waals surface area contributed by atoms with E-state index in [0.29, 0.717) is 19.0 Å². The van der Waals surface area contributed by atoms with E-state index in [4.69, 9.17) is 0 Å². The third kappa shape index (κ3) is 3.12. The molecule has 0 saturated carbocycles. The van der Waals surface area contributed by atoms with E-state index in [9.17, 15) is 9.59 Å². The van der Waals surface area contributed by atoms with Crippen molar-refractivity contribution in [2.24, 2.45) is 5.92 Å². The highest BCUT2D eigenvalue weighted by Crippen LogP contribution is 2.30. The molecule has 4 heteroatoms. The topological polar surface area (TPSA) is 40.6 Å². The van der Waals surface area contributed by atoms with Gasteiger partial charge in [0, 0.05) is 31.2 Å². The van der Waals surface area contributed by atoms with E-state index in [1.54, 1.807) is 4.90 Å². The molecule has 2 atom stereocenters. The van der Waals surface area contributed by atoms with Crippen LogP contribution < -0.4 is 4.90 Å². The molecule has 0 radical (unpaired) electrons. The molecule has 2 saturated heterocycles. The van der Waals surface area contributed by atoms with Crippen LogP contribution in [0, 0.1) is 19.8 Å². The van der Waals surface area contributed by atoms with Crippen LogP contribution >= 0.6 is 0 Å². The number of hydrogen-bond acceptors (Lipinski definition) is 2. The maximum absolute atomic E-state index is 12.8. The molecule has 2 fully saturated rings. The maximum atomic E-state index is 12.8. The quantitative estimate of drug-likeness (QED) is 0.842. The number of nitrogens with zero attached hydrogens (tertiary/aromatic N) is 2. The minimum atomic E-state index is -0.192. The summed E-state index contributed by atoms with van der Waals surface area (Å²) in [6, 6.07) is 6.45. The van der Waals surface area contributed by atoms with Crippen molar-refractivity contribution in [3.63, 3.8) is 0 Å². The van der Waals surface area contributed by atoms with Gasteiger partial charge >= 0.3 is 0 Å². The number of piperidine rings is 1. The average Bonchev–Trinajstić information content (AvgIpc) is 2.91. The Kier molecular flexibility index (Phi) is 4.42. The Balaban J connectivity index is 1.77. The van der Waals surface area contributed by atoms with Crippen LogP contribution in [0.2, 0.25) is 0 Å². The van der Waals surface area contributed by atoms with Crippen LogP contribution in [0.1, 0.15) is 43.7 Å². The Hall–Kier alpha value is -1.84. The van der Waals surface area contributed by atoms with Crippen molar-refractivity contribution in [2.75, 3.05) is 18.0 Å². The lowest BCUT2D eigenvalue weighted by Gasteiger charge is -2.35. The predicted octanol–water partition coefficient (Wildman–Crippen LogP) is 3.06. The molecule has 2 heterocycles. The number of amides is 2. The third-order valence-corrected chi connectivity index (χ3v) is 5.22. The monoisotopic (exact) mass is 314 g/mol. The van der Waals surface area contributed by atoms with E-state index in [2.05, 4.69) is 13.0 Å². The fourth-order valence-electron chi connectivity index (χ4n) is 3.78. The van der Waals surface area contributed by atoms with Gasteiger partial charge in [-0.3, -0.25) is 9.59 Å². The van der Waals surface area contributed by atoms with Gasteiger partial charge in [-0.25, -0.2) is 0 Å². The van der Waals surface area contributed by atoms with Gasteiger partial charge in [0.25, 0.3) is 0 Å². The van der Waals surface area contributed by atoms with Crippen molar-refractivity contribution < 1.29 is 9.59 Å². The van der Waals surface area contributed by atoms with Crippen LogP contribution in [-0.4, -0.2) is 35.8 Å². The second-order valence-electron chi connectivity index (χ2n) is 7.07. The highest BCUT2D eigenvalue weighted by Gasteiger charge is 2.39. The third-order valence-electron chi connectivity index (χ3n) is 5.22. The summed E-state index contributed by atoms with van der Waals surface area (Å²) in [7, 11) is 0. The molecule has 3 rings (SSSR count). The SMILES string of the molecule is Cc1ccc(C)c(N2CC(C(=O)N3CCCCC3C)CC2=O)c1. The van der Waals surface area contributed by atoms with Gasteiger partial charge in [-0.05, 0) is 57.2 Å². The zero-order valence-electron chi connectivity index (χ0n) is 14.3. The number of carbonyl (C=O) groups is 2. The standard InChI is InChI=1S/C19H26N2O2/c1-13-7-8-14(2)17(10-13)21-12-16(11-18(21)22)19(23)20-9-5-4-6-15(20)3/h7-8,10,15-16H,4-6,9,11-12H2,1-3H3. The molecule has 124 valence electrons. The summed E-state index contributed by atoms with van der Waals surface area (Å²) >= 11 is 0. The van der Waals surface area contributed by atoms with Gasteiger partial charge in [0.2, 0.25) is 11.8 Å². The number of aryl methyl sites for hydroxylation is 2. The molecule has 0 aliphatic carbocycles. The Bertz CT molecular complexity index is 626. The van der Waals surface area contributed by atoms with Crippen LogP contribution in [0.5, 0.6) is 0 Å². The van der Waals surface area contributed by atoms with Gasteiger partial charge in [0.05, 0.1) is 5.92 Å². The number of likely N-dealkylation sites (tertiary alicyclic amines) is 1. The van der Waals surface area contributed by atoms with Gasteiger partial charge in [-0.1, -0.05) is 12.1 Å². The van der Waals surface area contributed by atoms with Crippen molar-refractivity contribution in [3.05, 3.63) is 29.3 Å². The molecular weight excluding hydrogens is 288 g/mol. The number of carbonyl (C=O) groups excluding carboxylic acids is 2. The van der Waals surface area contributed by atoms with Crippen molar-refractivity contribution >= 4 is 17.5 Å². The summed E-state index contributed by atoms with van der Waals surface area (Å²) in [4.78, 5) is 29.1. The van der Waals surface area contributed by atoms with E-state index in [1.807, 2.05) is 30.9 Å². The summed E-state index contributed by atoms with van der Waals surface area (Å²) in [5.74, 6) is 0.0445. The van der Waals surface area contributed by atoms with E-state index in [-0.39, 0.29) is 17.7 Å². The molecule has 1 aromatic carbocycles. The van der Waals surface area contributed by atoms with Gasteiger partial charge in [0.1, 0.15) is 0 Å². The molecule has 4 nitrogen and oxygen atoms in total. The molecule has 2 aliphatic heterocycles. The van der Waals surface area contributed by atoms with Crippen LogP contribution in [0.15, 0.2) is 18.2 Å². The van der Waals surface area contributed by atoms with E-state index in [1.165, 1.54) is 6.42 Å². The lowest BCUT2D eigenvalue weighted by atomic mass is 9.99. The molecule has 2 amide bonds. The maximum Gasteiger partial charge on any atom is 0.228 e. The predicted molar refractivity (Wildman–Crippen MR) is 91.4 cm³/mol. The molecule has 1 aromatic rings. The molecule has 0 bridgehead atoms. The summed E-state index contributed by atoms with van der Waals surface area (Å²) in [6.07, 6.45) is 3.70. The summed E-state index contributed by atoms with van der Waals surface area (Å²) in [6.45, 7) is 7.53. The normalized spacial score (nSPS) is 25.1. The zero-order chi connectivity index (χ0) is 16.6. The fraction of sp³-hybridized carbons (Fsp3) is 0.579. The van der Waals surface area contributed by atoms with Gasteiger partial charge < -0.3 is 9.80 Å². The number of benzene rings is 1. The zero-order valence-corrected chi connectivity index (χ0v) is 14.3. The minimum absolute atomic E-state index is 0.0710.